The molecule has 2 rings (SSSR count). The van der Waals surface area contributed by atoms with Crippen molar-refractivity contribution in [3.8, 4) is 5.75 Å². The summed E-state index contributed by atoms with van der Waals surface area (Å²) < 4.78 is 5.50. The maximum absolute atomic E-state index is 6.06. The van der Waals surface area contributed by atoms with Gasteiger partial charge in [-0.3, -0.25) is 4.90 Å². The topological polar surface area (TPSA) is 38.5 Å². The van der Waals surface area contributed by atoms with E-state index >= 15 is 0 Å². The van der Waals surface area contributed by atoms with E-state index in [4.69, 9.17) is 10.5 Å². The summed E-state index contributed by atoms with van der Waals surface area (Å²) in [5, 5.41) is 0. The van der Waals surface area contributed by atoms with E-state index in [0.717, 1.165) is 18.8 Å². The number of hydrogen-bond donors (Lipinski definition) is 1. The minimum atomic E-state index is 0.271. The lowest BCUT2D eigenvalue weighted by Crippen LogP contribution is -2.42. The summed E-state index contributed by atoms with van der Waals surface area (Å²) in [6.07, 6.45) is 3.78. The lowest BCUT2D eigenvalue weighted by atomic mass is 9.77. The van der Waals surface area contributed by atoms with Crippen LogP contribution < -0.4 is 10.5 Å². The van der Waals surface area contributed by atoms with E-state index in [9.17, 15) is 0 Å². The molecule has 0 bridgehead atoms. The van der Waals surface area contributed by atoms with Crippen LogP contribution in [-0.2, 0) is 0 Å². The van der Waals surface area contributed by atoms with Gasteiger partial charge in [0.2, 0.25) is 0 Å². The summed E-state index contributed by atoms with van der Waals surface area (Å²) in [7, 11) is 1.73. The van der Waals surface area contributed by atoms with Crippen molar-refractivity contribution >= 4 is 0 Å². The highest BCUT2D eigenvalue weighted by Crippen LogP contribution is 2.38. The molecule has 1 fully saturated rings. The average Bonchev–Trinajstić information content (AvgIpc) is 2.50. The zero-order chi connectivity index (χ0) is 14.6. The molecule has 0 saturated carbocycles. The SMILES string of the molecule is CCC1(C)CCN(C(CN)c2ccccc2OC)CC1. The molecule has 1 aliphatic heterocycles. The zero-order valence-electron chi connectivity index (χ0n) is 13.1. The van der Waals surface area contributed by atoms with Crippen molar-refractivity contribution in [2.75, 3.05) is 26.7 Å². The second-order valence-corrected chi connectivity index (χ2v) is 6.19. The molecule has 0 amide bonds. The van der Waals surface area contributed by atoms with E-state index in [2.05, 4.69) is 30.9 Å². The van der Waals surface area contributed by atoms with Crippen LogP contribution in [0, 0.1) is 5.41 Å². The Kier molecular flexibility index (Phi) is 5.06. The van der Waals surface area contributed by atoms with E-state index in [-0.39, 0.29) is 6.04 Å². The number of para-hydroxylation sites is 1. The fourth-order valence-electron chi connectivity index (χ4n) is 3.14. The van der Waals surface area contributed by atoms with E-state index in [1.165, 1.54) is 24.8 Å². The summed E-state index contributed by atoms with van der Waals surface area (Å²) >= 11 is 0. The number of nitrogens with zero attached hydrogens (tertiary/aromatic N) is 1. The number of nitrogens with two attached hydrogens (primary N) is 1. The van der Waals surface area contributed by atoms with Gasteiger partial charge in [-0.05, 0) is 37.4 Å². The Morgan fingerprint density at radius 1 is 1.30 bits per heavy atom. The fraction of sp³-hybridized carbons (Fsp3) is 0.647. The van der Waals surface area contributed by atoms with Crippen LogP contribution in [0.15, 0.2) is 24.3 Å². The Morgan fingerprint density at radius 3 is 2.50 bits per heavy atom. The number of hydrogen-bond acceptors (Lipinski definition) is 3. The van der Waals surface area contributed by atoms with Crippen LogP contribution in [0.3, 0.4) is 0 Å². The highest BCUT2D eigenvalue weighted by molar-refractivity contribution is 5.36. The van der Waals surface area contributed by atoms with Crippen LogP contribution in [0.1, 0.15) is 44.7 Å². The van der Waals surface area contributed by atoms with Gasteiger partial charge in [-0.2, -0.15) is 0 Å². The summed E-state index contributed by atoms with van der Waals surface area (Å²) in [5.41, 5.74) is 7.79. The summed E-state index contributed by atoms with van der Waals surface area (Å²) in [6, 6.07) is 8.52. The van der Waals surface area contributed by atoms with Crippen LogP contribution in [0.2, 0.25) is 0 Å². The van der Waals surface area contributed by atoms with Crippen molar-refractivity contribution in [3.63, 3.8) is 0 Å². The normalized spacial score (nSPS) is 20.6. The Labute approximate surface area is 123 Å². The smallest absolute Gasteiger partial charge is 0.123 e. The first kappa shape index (κ1) is 15.3. The largest absolute Gasteiger partial charge is 0.496 e. The highest BCUT2D eigenvalue weighted by atomic mass is 16.5. The first-order valence-corrected chi connectivity index (χ1v) is 7.70. The summed E-state index contributed by atoms with van der Waals surface area (Å²) in [5.74, 6) is 0.951. The van der Waals surface area contributed by atoms with Gasteiger partial charge in [-0.1, -0.05) is 38.5 Å². The maximum Gasteiger partial charge on any atom is 0.123 e. The van der Waals surface area contributed by atoms with Crippen LogP contribution in [0.4, 0.5) is 0 Å². The number of piperidine rings is 1. The Bertz CT molecular complexity index is 425. The van der Waals surface area contributed by atoms with Gasteiger partial charge in [0.05, 0.1) is 13.2 Å². The molecule has 20 heavy (non-hydrogen) atoms. The predicted octanol–water partition coefficient (Wildman–Crippen LogP) is 3.21. The van der Waals surface area contributed by atoms with Gasteiger partial charge in [0, 0.05) is 12.1 Å². The van der Waals surface area contributed by atoms with Crippen LogP contribution in [0.5, 0.6) is 5.75 Å². The fourth-order valence-corrected chi connectivity index (χ4v) is 3.14. The molecular formula is C17H28N2O. The maximum atomic E-state index is 6.06. The van der Waals surface area contributed by atoms with Gasteiger partial charge in [-0.15, -0.1) is 0 Å². The molecule has 1 heterocycles. The van der Waals surface area contributed by atoms with E-state index < -0.39 is 0 Å². The number of rotatable bonds is 5. The third-order valence-electron chi connectivity index (χ3n) is 5.02. The first-order valence-electron chi connectivity index (χ1n) is 7.70. The molecule has 1 aromatic rings. The van der Waals surface area contributed by atoms with Crippen molar-refractivity contribution in [1.29, 1.82) is 0 Å². The van der Waals surface area contributed by atoms with Crippen LogP contribution in [0.25, 0.3) is 0 Å². The monoisotopic (exact) mass is 276 g/mol. The Balaban J connectivity index is 2.13. The third-order valence-corrected chi connectivity index (χ3v) is 5.02. The number of likely N-dealkylation sites (tertiary alicyclic amines) is 1. The van der Waals surface area contributed by atoms with Crippen molar-refractivity contribution in [1.82, 2.24) is 4.90 Å². The highest BCUT2D eigenvalue weighted by Gasteiger charge is 2.32. The standard InChI is InChI=1S/C17H28N2O/c1-4-17(2)9-11-19(12-10-17)15(13-18)14-7-5-6-8-16(14)20-3/h5-8,15H,4,9-13,18H2,1-3H3. The van der Waals surface area contributed by atoms with Gasteiger partial charge in [-0.25, -0.2) is 0 Å². The van der Waals surface area contributed by atoms with Gasteiger partial charge in [0.25, 0.3) is 0 Å². The summed E-state index contributed by atoms with van der Waals surface area (Å²) in [4.78, 5) is 2.52. The molecule has 1 atom stereocenters. The molecule has 0 aromatic heterocycles. The van der Waals surface area contributed by atoms with Gasteiger partial charge in [0.15, 0.2) is 0 Å². The quantitative estimate of drug-likeness (QED) is 0.897. The molecule has 0 aliphatic carbocycles. The molecule has 1 aliphatic rings. The Morgan fingerprint density at radius 2 is 1.95 bits per heavy atom. The second-order valence-electron chi connectivity index (χ2n) is 6.19. The van der Waals surface area contributed by atoms with E-state index in [1.807, 2.05) is 12.1 Å². The number of methoxy groups -OCH3 is 1. The number of benzene rings is 1. The van der Waals surface area contributed by atoms with Crippen molar-refractivity contribution in [2.24, 2.45) is 11.1 Å². The predicted molar refractivity (Wildman–Crippen MR) is 84.0 cm³/mol. The van der Waals surface area contributed by atoms with Gasteiger partial charge >= 0.3 is 0 Å². The Hall–Kier alpha value is -1.06. The molecule has 2 N–H and O–H groups in total. The third kappa shape index (κ3) is 3.15. The first-order chi connectivity index (χ1) is 9.63. The average molecular weight is 276 g/mol. The summed E-state index contributed by atoms with van der Waals surface area (Å²) in [6.45, 7) is 7.61. The minimum Gasteiger partial charge on any atom is -0.496 e. The van der Waals surface area contributed by atoms with Crippen LogP contribution >= 0.6 is 0 Å². The van der Waals surface area contributed by atoms with Gasteiger partial charge < -0.3 is 10.5 Å². The molecule has 1 saturated heterocycles. The molecule has 1 unspecified atom stereocenters. The molecule has 0 radical (unpaired) electrons. The zero-order valence-corrected chi connectivity index (χ0v) is 13.1. The minimum absolute atomic E-state index is 0.271. The molecular weight excluding hydrogens is 248 g/mol. The van der Waals surface area contributed by atoms with Crippen molar-refractivity contribution < 1.29 is 4.74 Å². The second kappa shape index (κ2) is 6.59. The molecule has 0 spiro atoms. The number of ether oxygens (including phenoxy) is 1. The molecule has 3 heteroatoms. The van der Waals surface area contributed by atoms with Crippen LogP contribution in [-0.4, -0.2) is 31.6 Å². The lowest BCUT2D eigenvalue weighted by Gasteiger charge is -2.42. The van der Waals surface area contributed by atoms with E-state index in [0.29, 0.717) is 12.0 Å². The van der Waals surface area contributed by atoms with Crippen molar-refractivity contribution in [2.45, 2.75) is 39.2 Å². The van der Waals surface area contributed by atoms with E-state index in [1.54, 1.807) is 7.11 Å². The van der Waals surface area contributed by atoms with Crippen molar-refractivity contribution in [3.05, 3.63) is 29.8 Å². The lowest BCUT2D eigenvalue weighted by molar-refractivity contribution is 0.0819. The van der Waals surface area contributed by atoms with Gasteiger partial charge in [0.1, 0.15) is 5.75 Å². The molecule has 112 valence electrons. The molecule has 1 aromatic carbocycles. The molecule has 3 nitrogen and oxygen atoms in total.